The van der Waals surface area contributed by atoms with Crippen molar-refractivity contribution in [2.24, 2.45) is 4.99 Å². The van der Waals surface area contributed by atoms with E-state index in [-0.39, 0.29) is 29.9 Å². The van der Waals surface area contributed by atoms with Crippen molar-refractivity contribution in [1.29, 1.82) is 0 Å². The summed E-state index contributed by atoms with van der Waals surface area (Å²) in [6, 6.07) is 13.7. The Bertz CT molecular complexity index is 843. The maximum absolute atomic E-state index is 12.1. The van der Waals surface area contributed by atoms with Crippen molar-refractivity contribution in [3.05, 3.63) is 63.6 Å². The van der Waals surface area contributed by atoms with Crippen LogP contribution in [0, 0.1) is 0 Å². The zero-order valence-electron chi connectivity index (χ0n) is 17.2. The summed E-state index contributed by atoms with van der Waals surface area (Å²) in [4.78, 5) is 17.9. The lowest BCUT2D eigenvalue weighted by Crippen LogP contribution is -2.37. The first kappa shape index (κ1) is 25.2. The molecule has 0 spiro atoms. The number of aliphatic imine (C=N–C) groups is 1. The molecule has 0 radical (unpaired) electrons. The van der Waals surface area contributed by atoms with E-state index in [4.69, 9.17) is 4.74 Å². The summed E-state index contributed by atoms with van der Waals surface area (Å²) < 4.78 is 6.17. The van der Waals surface area contributed by atoms with Crippen LogP contribution in [0.4, 0.5) is 0 Å². The van der Waals surface area contributed by atoms with Crippen LogP contribution in [-0.4, -0.2) is 51.6 Å². The lowest BCUT2D eigenvalue weighted by atomic mass is 10.1. The minimum absolute atomic E-state index is 0. The third kappa shape index (κ3) is 7.85. The van der Waals surface area contributed by atoms with E-state index >= 15 is 0 Å². The van der Waals surface area contributed by atoms with Gasteiger partial charge in [-0.25, -0.2) is 0 Å². The fourth-order valence-electron chi connectivity index (χ4n) is 2.67. The zero-order chi connectivity index (χ0) is 20.5. The number of carbonyl (C=O) groups excluding carboxylic acids is 1. The molecular weight excluding hydrogens is 547 g/mol. The van der Waals surface area contributed by atoms with Crippen molar-refractivity contribution in [2.45, 2.75) is 13.0 Å². The fourth-order valence-corrected chi connectivity index (χ4v) is 3.26. The van der Waals surface area contributed by atoms with Crippen LogP contribution in [0.15, 0.2) is 51.9 Å². The third-order valence-electron chi connectivity index (χ3n) is 4.19. The number of methoxy groups -OCH3 is 1. The predicted octanol–water partition coefficient (Wildman–Crippen LogP) is 3.69. The first-order chi connectivity index (χ1) is 13.4. The second-order valence-corrected chi connectivity index (χ2v) is 7.33. The van der Waals surface area contributed by atoms with Gasteiger partial charge in [-0.1, -0.05) is 18.2 Å². The minimum Gasteiger partial charge on any atom is -0.496 e. The first-order valence-corrected chi connectivity index (χ1v) is 9.81. The maximum Gasteiger partial charge on any atom is 0.253 e. The summed E-state index contributed by atoms with van der Waals surface area (Å²) in [5.41, 5.74) is 2.93. The average Bonchev–Trinajstić information content (AvgIpc) is 2.70. The molecule has 0 bridgehead atoms. The smallest absolute Gasteiger partial charge is 0.253 e. The normalized spacial score (nSPS) is 10.7. The number of amides is 1. The summed E-state index contributed by atoms with van der Waals surface area (Å²) in [5, 5.41) is 6.60. The van der Waals surface area contributed by atoms with Gasteiger partial charge in [0.1, 0.15) is 5.75 Å². The number of rotatable bonds is 7. The van der Waals surface area contributed by atoms with E-state index in [2.05, 4.69) is 31.6 Å². The average molecular weight is 575 g/mol. The van der Waals surface area contributed by atoms with Gasteiger partial charge < -0.3 is 20.3 Å². The SMILES string of the molecule is CN=C(NCCc1cccc(C(=O)N(C)C)c1)NCc1ccc(OC)c(Br)c1.I. The summed E-state index contributed by atoms with van der Waals surface area (Å²) in [7, 11) is 6.91. The zero-order valence-corrected chi connectivity index (χ0v) is 21.1. The van der Waals surface area contributed by atoms with Crippen LogP contribution in [-0.2, 0) is 13.0 Å². The van der Waals surface area contributed by atoms with Gasteiger partial charge >= 0.3 is 0 Å². The molecule has 0 aliphatic heterocycles. The van der Waals surface area contributed by atoms with Gasteiger partial charge in [-0.3, -0.25) is 9.79 Å². The summed E-state index contributed by atoms with van der Waals surface area (Å²) in [5.74, 6) is 1.55. The molecule has 0 unspecified atom stereocenters. The Morgan fingerprint density at radius 2 is 1.90 bits per heavy atom. The molecule has 2 N–H and O–H groups in total. The topological polar surface area (TPSA) is 66.0 Å². The van der Waals surface area contributed by atoms with Gasteiger partial charge in [0.05, 0.1) is 11.6 Å². The molecule has 0 atom stereocenters. The maximum atomic E-state index is 12.1. The highest BCUT2D eigenvalue weighted by molar-refractivity contribution is 14.0. The standard InChI is InChI=1S/C21H27BrN4O2.HI/c1-23-21(25-14-16-8-9-19(28-4)18(22)13-16)24-11-10-15-6-5-7-17(12-15)20(27)26(2)3;/h5-9,12-13H,10-11,14H2,1-4H3,(H2,23,24,25);1H. The molecule has 0 aliphatic rings. The molecule has 2 aromatic rings. The van der Waals surface area contributed by atoms with E-state index in [1.54, 1.807) is 33.2 Å². The van der Waals surface area contributed by atoms with Gasteiger partial charge in [0, 0.05) is 39.8 Å². The van der Waals surface area contributed by atoms with Gasteiger partial charge in [-0.2, -0.15) is 0 Å². The lowest BCUT2D eigenvalue weighted by molar-refractivity contribution is 0.0827. The number of guanidine groups is 1. The molecule has 0 fully saturated rings. The number of carbonyl (C=O) groups is 1. The number of halogens is 2. The molecule has 0 aliphatic carbocycles. The Labute approximate surface area is 198 Å². The second kappa shape index (κ2) is 12.7. The quantitative estimate of drug-likeness (QED) is 0.301. The molecular formula is C21H28BrIN4O2. The molecule has 2 aromatic carbocycles. The molecule has 2 rings (SSSR count). The van der Waals surface area contributed by atoms with E-state index in [9.17, 15) is 4.79 Å². The van der Waals surface area contributed by atoms with Gasteiger partial charge in [-0.15, -0.1) is 24.0 Å². The van der Waals surface area contributed by atoms with Gasteiger partial charge in [0.25, 0.3) is 5.91 Å². The number of hydrogen-bond donors (Lipinski definition) is 2. The number of hydrogen-bond acceptors (Lipinski definition) is 3. The van der Waals surface area contributed by atoms with E-state index in [0.29, 0.717) is 18.7 Å². The van der Waals surface area contributed by atoms with Gasteiger partial charge in [-0.05, 0) is 57.7 Å². The molecule has 0 heterocycles. The van der Waals surface area contributed by atoms with Crippen LogP contribution in [0.5, 0.6) is 5.75 Å². The van der Waals surface area contributed by atoms with Crippen molar-refractivity contribution >= 4 is 51.8 Å². The van der Waals surface area contributed by atoms with Crippen molar-refractivity contribution in [1.82, 2.24) is 15.5 Å². The van der Waals surface area contributed by atoms with Crippen LogP contribution in [0.1, 0.15) is 21.5 Å². The van der Waals surface area contributed by atoms with Gasteiger partial charge in [0.15, 0.2) is 5.96 Å². The number of nitrogens with zero attached hydrogens (tertiary/aromatic N) is 2. The molecule has 29 heavy (non-hydrogen) atoms. The van der Waals surface area contributed by atoms with E-state index in [1.165, 1.54) is 0 Å². The number of nitrogens with one attached hydrogen (secondary N) is 2. The van der Waals surface area contributed by atoms with E-state index in [0.717, 1.165) is 33.7 Å². The molecule has 0 aromatic heterocycles. The first-order valence-electron chi connectivity index (χ1n) is 9.02. The van der Waals surface area contributed by atoms with Gasteiger partial charge in [0.2, 0.25) is 0 Å². The summed E-state index contributed by atoms with van der Waals surface area (Å²) >= 11 is 3.50. The molecule has 1 amide bonds. The Hall–Kier alpha value is -1.81. The predicted molar refractivity (Wildman–Crippen MR) is 132 cm³/mol. The molecule has 0 saturated carbocycles. The third-order valence-corrected chi connectivity index (χ3v) is 4.81. The van der Waals surface area contributed by atoms with E-state index in [1.807, 2.05) is 42.5 Å². The van der Waals surface area contributed by atoms with Crippen LogP contribution in [0.3, 0.4) is 0 Å². The van der Waals surface area contributed by atoms with Crippen LogP contribution in [0.25, 0.3) is 0 Å². The van der Waals surface area contributed by atoms with Crippen LogP contribution < -0.4 is 15.4 Å². The van der Waals surface area contributed by atoms with E-state index < -0.39 is 0 Å². The Morgan fingerprint density at radius 1 is 1.14 bits per heavy atom. The van der Waals surface area contributed by atoms with Crippen LogP contribution in [0.2, 0.25) is 0 Å². The minimum atomic E-state index is 0. The molecule has 158 valence electrons. The second-order valence-electron chi connectivity index (χ2n) is 6.47. The number of benzene rings is 2. The molecule has 8 heteroatoms. The van der Waals surface area contributed by atoms with Crippen molar-refractivity contribution in [3.63, 3.8) is 0 Å². The highest BCUT2D eigenvalue weighted by Gasteiger charge is 2.08. The van der Waals surface area contributed by atoms with Crippen molar-refractivity contribution in [2.75, 3.05) is 34.8 Å². The fraction of sp³-hybridized carbons (Fsp3) is 0.333. The van der Waals surface area contributed by atoms with Crippen molar-refractivity contribution in [3.8, 4) is 5.75 Å². The summed E-state index contributed by atoms with van der Waals surface area (Å²) in [6.45, 7) is 1.36. The molecule has 0 saturated heterocycles. The highest BCUT2D eigenvalue weighted by Crippen LogP contribution is 2.25. The lowest BCUT2D eigenvalue weighted by Gasteiger charge is -2.14. The van der Waals surface area contributed by atoms with Crippen molar-refractivity contribution < 1.29 is 9.53 Å². The summed E-state index contributed by atoms with van der Waals surface area (Å²) in [6.07, 6.45) is 0.795. The Balaban J connectivity index is 0.00000420. The monoisotopic (exact) mass is 574 g/mol. The largest absolute Gasteiger partial charge is 0.496 e. The highest BCUT2D eigenvalue weighted by atomic mass is 127. The molecule has 6 nitrogen and oxygen atoms in total. The van der Waals surface area contributed by atoms with Crippen LogP contribution >= 0.6 is 39.9 Å². The Morgan fingerprint density at radius 3 is 2.52 bits per heavy atom. The Kier molecular flexibility index (Phi) is 11.0. The number of ether oxygens (including phenoxy) is 1.